The van der Waals surface area contributed by atoms with E-state index in [2.05, 4.69) is 5.10 Å². The quantitative estimate of drug-likeness (QED) is 0.855. The predicted octanol–water partition coefficient (Wildman–Crippen LogP) is 3.39. The van der Waals surface area contributed by atoms with Crippen LogP contribution in [0.25, 0.3) is 0 Å². The third-order valence-electron chi connectivity index (χ3n) is 4.49. The van der Waals surface area contributed by atoms with E-state index in [4.69, 9.17) is 16.3 Å². The smallest absolute Gasteiger partial charge is 0.257 e. The first kappa shape index (κ1) is 17.0. The molecule has 2 aromatic rings. The van der Waals surface area contributed by atoms with Crippen LogP contribution in [0.15, 0.2) is 24.3 Å². The predicted molar refractivity (Wildman–Crippen MR) is 93.4 cm³/mol. The summed E-state index contributed by atoms with van der Waals surface area (Å²) in [5.41, 5.74) is 3.46. The van der Waals surface area contributed by atoms with E-state index in [1.54, 1.807) is 0 Å². The van der Waals surface area contributed by atoms with Gasteiger partial charge in [0.15, 0.2) is 0 Å². The Balaban J connectivity index is 1.81. The second-order valence-electron chi connectivity index (χ2n) is 6.02. The number of rotatable bonds is 3. The molecule has 2 heterocycles. The molecular weight excluding hydrogens is 326 g/mol. The van der Waals surface area contributed by atoms with Crippen LogP contribution in [0.1, 0.15) is 40.3 Å². The zero-order valence-corrected chi connectivity index (χ0v) is 15.0. The van der Waals surface area contributed by atoms with Crippen molar-refractivity contribution in [3.63, 3.8) is 0 Å². The van der Waals surface area contributed by atoms with Crippen LogP contribution >= 0.6 is 11.6 Å². The molecule has 1 fully saturated rings. The molecule has 0 bridgehead atoms. The van der Waals surface area contributed by atoms with Crippen LogP contribution in [0.4, 0.5) is 0 Å². The van der Waals surface area contributed by atoms with Gasteiger partial charge in [-0.2, -0.15) is 5.10 Å². The molecule has 1 amide bonds. The highest BCUT2D eigenvalue weighted by molar-refractivity contribution is 6.30. The number of hydrogen-bond acceptors (Lipinski definition) is 3. The molecule has 1 aromatic carbocycles. The Bertz CT molecular complexity index is 739. The third kappa shape index (κ3) is 3.19. The highest BCUT2D eigenvalue weighted by atomic mass is 35.5. The van der Waals surface area contributed by atoms with Crippen molar-refractivity contribution in [1.29, 1.82) is 0 Å². The van der Waals surface area contributed by atoms with Gasteiger partial charge in [-0.15, -0.1) is 0 Å². The second kappa shape index (κ2) is 6.95. The van der Waals surface area contributed by atoms with Crippen LogP contribution in [0, 0.1) is 13.8 Å². The zero-order valence-electron chi connectivity index (χ0n) is 14.3. The first-order valence-electron chi connectivity index (χ1n) is 8.21. The van der Waals surface area contributed by atoms with E-state index in [-0.39, 0.29) is 12.0 Å². The van der Waals surface area contributed by atoms with Crippen LogP contribution in [0.5, 0.6) is 0 Å². The van der Waals surface area contributed by atoms with Crippen LogP contribution in [0.3, 0.4) is 0 Å². The van der Waals surface area contributed by atoms with Gasteiger partial charge in [-0.25, -0.2) is 0 Å². The highest BCUT2D eigenvalue weighted by Gasteiger charge is 2.29. The molecule has 1 aromatic heterocycles. The summed E-state index contributed by atoms with van der Waals surface area (Å²) in [6, 6.07) is 7.60. The summed E-state index contributed by atoms with van der Waals surface area (Å²) >= 11 is 5.95. The van der Waals surface area contributed by atoms with Crippen LogP contribution in [-0.4, -0.2) is 40.3 Å². The van der Waals surface area contributed by atoms with E-state index in [0.717, 1.165) is 23.5 Å². The summed E-state index contributed by atoms with van der Waals surface area (Å²) in [5.74, 6) is 0.0342. The van der Waals surface area contributed by atoms with Gasteiger partial charge in [-0.1, -0.05) is 23.7 Å². The molecule has 0 unspecified atom stereocenters. The minimum atomic E-state index is -0.123. The first-order valence-corrected chi connectivity index (χ1v) is 8.59. The Morgan fingerprint density at radius 2 is 2.04 bits per heavy atom. The van der Waals surface area contributed by atoms with E-state index in [0.29, 0.717) is 30.3 Å². The Labute approximate surface area is 147 Å². The van der Waals surface area contributed by atoms with Crippen molar-refractivity contribution in [1.82, 2.24) is 14.7 Å². The number of carbonyl (C=O) groups excluding carboxylic acids is 1. The molecule has 1 atom stereocenters. The number of benzene rings is 1. The molecule has 0 N–H and O–H groups in total. The largest absolute Gasteiger partial charge is 0.370 e. The normalized spacial score (nSPS) is 18.0. The summed E-state index contributed by atoms with van der Waals surface area (Å²) in [7, 11) is 0. The number of halogens is 1. The SMILES string of the molecule is CCn1nc(C)c(C(=O)N2CCO[C@H](c3ccc(Cl)cc3)C2)c1C. The Hall–Kier alpha value is -1.85. The van der Waals surface area contributed by atoms with Gasteiger partial charge in [0, 0.05) is 23.8 Å². The van der Waals surface area contributed by atoms with Crippen molar-refractivity contribution in [2.75, 3.05) is 19.7 Å². The van der Waals surface area contributed by atoms with E-state index < -0.39 is 0 Å². The van der Waals surface area contributed by atoms with Gasteiger partial charge in [0.2, 0.25) is 0 Å². The molecule has 128 valence electrons. The van der Waals surface area contributed by atoms with Crippen molar-refractivity contribution in [2.24, 2.45) is 0 Å². The average molecular weight is 348 g/mol. The lowest BCUT2D eigenvalue weighted by atomic mass is 10.1. The van der Waals surface area contributed by atoms with Crippen molar-refractivity contribution < 1.29 is 9.53 Å². The maximum atomic E-state index is 13.0. The Morgan fingerprint density at radius 3 is 2.67 bits per heavy atom. The van der Waals surface area contributed by atoms with Crippen molar-refractivity contribution >= 4 is 17.5 Å². The number of ether oxygens (including phenoxy) is 1. The molecule has 0 saturated carbocycles. The average Bonchev–Trinajstić information content (AvgIpc) is 2.89. The number of amides is 1. The van der Waals surface area contributed by atoms with E-state index in [1.165, 1.54) is 0 Å². The molecule has 0 aliphatic carbocycles. The number of carbonyl (C=O) groups is 1. The summed E-state index contributed by atoms with van der Waals surface area (Å²) in [4.78, 5) is 14.9. The third-order valence-corrected chi connectivity index (χ3v) is 4.74. The van der Waals surface area contributed by atoms with Crippen molar-refractivity contribution in [3.05, 3.63) is 51.8 Å². The number of nitrogens with zero attached hydrogens (tertiary/aromatic N) is 3. The Kier molecular flexibility index (Phi) is 4.92. The summed E-state index contributed by atoms with van der Waals surface area (Å²) in [5, 5.41) is 5.15. The van der Waals surface area contributed by atoms with E-state index >= 15 is 0 Å². The molecule has 0 radical (unpaired) electrons. The number of aryl methyl sites for hydroxylation is 2. The molecule has 5 nitrogen and oxygen atoms in total. The molecular formula is C18H22ClN3O2. The maximum Gasteiger partial charge on any atom is 0.257 e. The standard InChI is InChI=1S/C18H22ClN3O2/c1-4-22-13(3)17(12(2)20-22)18(23)21-9-10-24-16(11-21)14-5-7-15(19)8-6-14/h5-8,16H,4,9-11H2,1-3H3/t16-/m0/s1. The van der Waals surface area contributed by atoms with E-state index in [1.807, 2.05) is 54.6 Å². The summed E-state index contributed by atoms with van der Waals surface area (Å²) < 4.78 is 7.72. The summed E-state index contributed by atoms with van der Waals surface area (Å²) in [6.45, 7) is 8.29. The molecule has 1 aliphatic rings. The number of morpholine rings is 1. The van der Waals surface area contributed by atoms with Gasteiger partial charge in [0.05, 0.1) is 24.4 Å². The van der Waals surface area contributed by atoms with Gasteiger partial charge in [0.25, 0.3) is 5.91 Å². The fraction of sp³-hybridized carbons (Fsp3) is 0.444. The fourth-order valence-corrected chi connectivity index (χ4v) is 3.31. The minimum absolute atomic E-state index is 0.0342. The fourth-order valence-electron chi connectivity index (χ4n) is 3.19. The molecule has 1 saturated heterocycles. The van der Waals surface area contributed by atoms with Crippen LogP contribution in [0.2, 0.25) is 5.02 Å². The van der Waals surface area contributed by atoms with Crippen LogP contribution < -0.4 is 0 Å². The van der Waals surface area contributed by atoms with Gasteiger partial charge in [-0.05, 0) is 38.5 Å². The summed E-state index contributed by atoms with van der Waals surface area (Å²) in [6.07, 6.45) is -0.123. The lowest BCUT2D eigenvalue weighted by Gasteiger charge is -2.33. The van der Waals surface area contributed by atoms with Gasteiger partial charge >= 0.3 is 0 Å². The number of aromatic nitrogens is 2. The van der Waals surface area contributed by atoms with Gasteiger partial charge in [-0.3, -0.25) is 9.48 Å². The first-order chi connectivity index (χ1) is 11.5. The maximum absolute atomic E-state index is 13.0. The highest BCUT2D eigenvalue weighted by Crippen LogP contribution is 2.25. The van der Waals surface area contributed by atoms with Gasteiger partial charge in [0.1, 0.15) is 6.10 Å². The minimum Gasteiger partial charge on any atom is -0.370 e. The zero-order chi connectivity index (χ0) is 17.3. The molecule has 3 rings (SSSR count). The van der Waals surface area contributed by atoms with Crippen molar-refractivity contribution in [3.8, 4) is 0 Å². The number of hydrogen-bond donors (Lipinski definition) is 0. The van der Waals surface area contributed by atoms with Crippen LogP contribution in [-0.2, 0) is 11.3 Å². The lowest BCUT2D eigenvalue weighted by molar-refractivity contribution is -0.0228. The molecule has 0 spiro atoms. The molecule has 1 aliphatic heterocycles. The molecule has 6 heteroatoms. The van der Waals surface area contributed by atoms with Crippen molar-refractivity contribution in [2.45, 2.75) is 33.4 Å². The lowest BCUT2D eigenvalue weighted by Crippen LogP contribution is -2.42. The van der Waals surface area contributed by atoms with E-state index in [9.17, 15) is 4.79 Å². The Morgan fingerprint density at radius 1 is 1.33 bits per heavy atom. The van der Waals surface area contributed by atoms with Gasteiger partial charge < -0.3 is 9.64 Å². The topological polar surface area (TPSA) is 47.4 Å². The molecule has 24 heavy (non-hydrogen) atoms. The second-order valence-corrected chi connectivity index (χ2v) is 6.46. The monoisotopic (exact) mass is 347 g/mol.